The van der Waals surface area contributed by atoms with Crippen LogP contribution in [0.25, 0.3) is 0 Å². The molecule has 1 amide bonds. The number of thioether (sulfide) groups is 1. The molecule has 1 rings (SSSR count). The van der Waals surface area contributed by atoms with E-state index in [1.807, 2.05) is 24.3 Å². The fraction of sp³-hybridized carbons (Fsp3) is 0.417. The normalized spacial score (nSPS) is 10.5. The zero-order valence-electron chi connectivity index (χ0n) is 9.82. The van der Waals surface area contributed by atoms with E-state index >= 15 is 0 Å². The number of hydrogen-bond donors (Lipinski definition) is 1. The van der Waals surface area contributed by atoms with Gasteiger partial charge >= 0.3 is 0 Å². The number of rotatable bonds is 5. The van der Waals surface area contributed by atoms with Crippen LogP contribution in [-0.2, 0) is 9.53 Å². The Labute approximate surface area is 101 Å². The van der Waals surface area contributed by atoms with Crippen molar-refractivity contribution in [1.82, 2.24) is 0 Å². The molecule has 0 saturated carbocycles. The van der Waals surface area contributed by atoms with Gasteiger partial charge < -0.3 is 10.1 Å². The first-order valence-corrected chi connectivity index (χ1v) is 6.06. The highest BCUT2D eigenvalue weighted by Crippen LogP contribution is 2.29. The zero-order chi connectivity index (χ0) is 12.0. The molecule has 88 valence electrons. The number of para-hydroxylation sites is 1. The molecule has 0 bridgehead atoms. The van der Waals surface area contributed by atoms with Gasteiger partial charge in [0.1, 0.15) is 6.61 Å². The lowest BCUT2D eigenvalue weighted by atomic mass is 10.3. The predicted molar refractivity (Wildman–Crippen MR) is 67.9 cm³/mol. The van der Waals surface area contributed by atoms with Gasteiger partial charge in [0, 0.05) is 17.3 Å². The maximum Gasteiger partial charge on any atom is 0.250 e. The van der Waals surface area contributed by atoms with Crippen LogP contribution < -0.4 is 5.32 Å². The number of benzene rings is 1. The van der Waals surface area contributed by atoms with Gasteiger partial charge in [-0.1, -0.05) is 26.0 Å². The van der Waals surface area contributed by atoms with E-state index in [0.717, 1.165) is 10.6 Å². The Bertz CT molecular complexity index is 353. The van der Waals surface area contributed by atoms with Crippen molar-refractivity contribution in [3.05, 3.63) is 24.3 Å². The van der Waals surface area contributed by atoms with E-state index in [1.54, 1.807) is 11.8 Å². The van der Waals surface area contributed by atoms with Gasteiger partial charge in [0.25, 0.3) is 0 Å². The summed E-state index contributed by atoms with van der Waals surface area (Å²) in [6.07, 6.45) is 0. The van der Waals surface area contributed by atoms with Crippen LogP contribution in [0.5, 0.6) is 0 Å². The van der Waals surface area contributed by atoms with Crippen molar-refractivity contribution >= 4 is 23.4 Å². The van der Waals surface area contributed by atoms with Gasteiger partial charge in [-0.15, -0.1) is 11.8 Å². The molecule has 0 unspecified atom stereocenters. The van der Waals surface area contributed by atoms with Crippen LogP contribution in [-0.4, -0.2) is 24.9 Å². The van der Waals surface area contributed by atoms with Gasteiger partial charge in [-0.2, -0.15) is 0 Å². The Balaban J connectivity index is 2.74. The number of hydrogen-bond acceptors (Lipinski definition) is 3. The number of carbonyl (C=O) groups is 1. The van der Waals surface area contributed by atoms with Crippen LogP contribution in [0.15, 0.2) is 29.2 Å². The van der Waals surface area contributed by atoms with Gasteiger partial charge in [0.2, 0.25) is 5.91 Å². The molecule has 0 heterocycles. The summed E-state index contributed by atoms with van der Waals surface area (Å²) in [7, 11) is 1.51. The van der Waals surface area contributed by atoms with Crippen molar-refractivity contribution < 1.29 is 9.53 Å². The molecule has 0 aliphatic heterocycles. The minimum atomic E-state index is -0.126. The van der Waals surface area contributed by atoms with Gasteiger partial charge in [-0.3, -0.25) is 4.79 Å². The third-order valence-electron chi connectivity index (χ3n) is 1.80. The molecular formula is C12H17NO2S. The number of methoxy groups -OCH3 is 1. The lowest BCUT2D eigenvalue weighted by Crippen LogP contribution is -2.17. The van der Waals surface area contributed by atoms with Crippen molar-refractivity contribution in [3.63, 3.8) is 0 Å². The number of anilines is 1. The SMILES string of the molecule is COCC(=O)Nc1ccccc1SC(C)C. The molecule has 16 heavy (non-hydrogen) atoms. The smallest absolute Gasteiger partial charge is 0.250 e. The van der Waals surface area contributed by atoms with E-state index in [4.69, 9.17) is 4.74 Å². The summed E-state index contributed by atoms with van der Waals surface area (Å²) in [6.45, 7) is 4.33. The number of ether oxygens (including phenoxy) is 1. The molecule has 0 aliphatic carbocycles. The molecule has 3 nitrogen and oxygen atoms in total. The van der Waals surface area contributed by atoms with Crippen molar-refractivity contribution in [2.75, 3.05) is 19.0 Å². The molecule has 0 fully saturated rings. The van der Waals surface area contributed by atoms with Crippen LogP contribution in [0.2, 0.25) is 0 Å². The van der Waals surface area contributed by atoms with Crippen molar-refractivity contribution in [1.29, 1.82) is 0 Å². The third-order valence-corrected chi connectivity index (χ3v) is 2.88. The lowest BCUT2D eigenvalue weighted by molar-refractivity contribution is -0.119. The van der Waals surface area contributed by atoms with E-state index in [-0.39, 0.29) is 12.5 Å². The van der Waals surface area contributed by atoms with Gasteiger partial charge in [-0.05, 0) is 12.1 Å². The predicted octanol–water partition coefficient (Wildman–Crippen LogP) is 2.77. The minimum Gasteiger partial charge on any atom is -0.375 e. The molecule has 0 spiro atoms. The second-order valence-electron chi connectivity index (χ2n) is 3.64. The van der Waals surface area contributed by atoms with Crippen LogP contribution in [0.1, 0.15) is 13.8 Å². The summed E-state index contributed by atoms with van der Waals surface area (Å²) < 4.78 is 4.78. The monoisotopic (exact) mass is 239 g/mol. The zero-order valence-corrected chi connectivity index (χ0v) is 10.6. The Kier molecular flexibility index (Phi) is 5.35. The average molecular weight is 239 g/mol. The molecule has 0 radical (unpaired) electrons. The van der Waals surface area contributed by atoms with Crippen LogP contribution in [0.4, 0.5) is 5.69 Å². The molecule has 0 atom stereocenters. The van der Waals surface area contributed by atoms with Gasteiger partial charge in [0.05, 0.1) is 5.69 Å². The molecule has 1 aromatic rings. The van der Waals surface area contributed by atoms with Crippen molar-refractivity contribution in [2.24, 2.45) is 0 Å². The highest BCUT2D eigenvalue weighted by atomic mass is 32.2. The maximum atomic E-state index is 11.4. The first-order chi connectivity index (χ1) is 7.63. The van der Waals surface area contributed by atoms with E-state index in [0.29, 0.717) is 5.25 Å². The van der Waals surface area contributed by atoms with E-state index < -0.39 is 0 Å². The Hall–Kier alpha value is -1.00. The molecular weight excluding hydrogens is 222 g/mol. The number of nitrogens with one attached hydrogen (secondary N) is 1. The summed E-state index contributed by atoms with van der Waals surface area (Å²) in [5, 5.41) is 3.32. The first-order valence-electron chi connectivity index (χ1n) is 5.18. The Morgan fingerprint density at radius 1 is 1.44 bits per heavy atom. The van der Waals surface area contributed by atoms with Crippen LogP contribution in [0.3, 0.4) is 0 Å². The Morgan fingerprint density at radius 3 is 2.75 bits per heavy atom. The average Bonchev–Trinajstić information content (AvgIpc) is 2.20. The quantitative estimate of drug-likeness (QED) is 0.803. The summed E-state index contributed by atoms with van der Waals surface area (Å²) >= 11 is 1.73. The minimum absolute atomic E-state index is 0.0840. The van der Waals surface area contributed by atoms with Crippen molar-refractivity contribution in [3.8, 4) is 0 Å². The van der Waals surface area contributed by atoms with E-state index in [2.05, 4.69) is 19.2 Å². The van der Waals surface area contributed by atoms with E-state index in [1.165, 1.54) is 7.11 Å². The third kappa shape index (κ3) is 4.24. The largest absolute Gasteiger partial charge is 0.375 e. The van der Waals surface area contributed by atoms with Gasteiger partial charge in [-0.25, -0.2) is 0 Å². The molecule has 0 aliphatic rings. The fourth-order valence-electron chi connectivity index (χ4n) is 1.24. The molecule has 4 heteroatoms. The highest BCUT2D eigenvalue weighted by molar-refractivity contribution is 8.00. The maximum absolute atomic E-state index is 11.4. The first kappa shape index (κ1) is 13.1. The summed E-state index contributed by atoms with van der Waals surface area (Å²) in [5.74, 6) is -0.126. The second kappa shape index (κ2) is 6.55. The van der Waals surface area contributed by atoms with Crippen LogP contribution in [0, 0.1) is 0 Å². The van der Waals surface area contributed by atoms with Gasteiger partial charge in [0.15, 0.2) is 0 Å². The number of carbonyl (C=O) groups excluding carboxylic acids is 1. The fourth-order valence-corrected chi connectivity index (χ4v) is 2.16. The molecule has 0 saturated heterocycles. The number of amides is 1. The topological polar surface area (TPSA) is 38.3 Å². The molecule has 1 N–H and O–H groups in total. The van der Waals surface area contributed by atoms with E-state index in [9.17, 15) is 4.79 Å². The summed E-state index contributed by atoms with van der Waals surface area (Å²) in [6, 6.07) is 7.79. The van der Waals surface area contributed by atoms with Crippen molar-refractivity contribution in [2.45, 2.75) is 24.0 Å². The standard InChI is InChI=1S/C12H17NO2S/c1-9(2)16-11-7-5-4-6-10(11)13-12(14)8-15-3/h4-7,9H,8H2,1-3H3,(H,13,14). The lowest BCUT2D eigenvalue weighted by Gasteiger charge is -2.11. The summed E-state index contributed by atoms with van der Waals surface area (Å²) in [5.41, 5.74) is 0.850. The second-order valence-corrected chi connectivity index (χ2v) is 5.26. The highest BCUT2D eigenvalue weighted by Gasteiger charge is 2.07. The van der Waals surface area contributed by atoms with Crippen LogP contribution >= 0.6 is 11.8 Å². The molecule has 0 aromatic heterocycles. The Morgan fingerprint density at radius 2 is 2.12 bits per heavy atom. The molecule has 1 aromatic carbocycles. The summed E-state index contributed by atoms with van der Waals surface area (Å²) in [4.78, 5) is 12.5.